The van der Waals surface area contributed by atoms with Crippen LogP contribution in [0.5, 0.6) is 0 Å². The number of carbonyl (C=O) groups excluding carboxylic acids is 1. The van der Waals surface area contributed by atoms with E-state index in [1.54, 1.807) is 36.3 Å². The van der Waals surface area contributed by atoms with Crippen LogP contribution in [0, 0.1) is 11.6 Å². The molecular weight excluding hydrogens is 392 g/mol. The molecule has 1 atom stereocenters. The number of hydrogen-bond donors (Lipinski definition) is 0. The monoisotopic (exact) mass is 413 g/mol. The molecule has 0 spiro atoms. The summed E-state index contributed by atoms with van der Waals surface area (Å²) in [5, 5.41) is 4.41. The summed E-state index contributed by atoms with van der Waals surface area (Å²) in [6.45, 7) is 2.64. The number of rotatable bonds is 6. The molecule has 1 aliphatic heterocycles. The summed E-state index contributed by atoms with van der Waals surface area (Å²) in [4.78, 5) is 22.3. The highest BCUT2D eigenvalue weighted by Gasteiger charge is 2.26. The van der Waals surface area contributed by atoms with Gasteiger partial charge >= 0.3 is 0 Å². The van der Waals surface area contributed by atoms with Crippen molar-refractivity contribution in [3.8, 4) is 11.5 Å². The van der Waals surface area contributed by atoms with Crippen molar-refractivity contribution in [1.82, 2.24) is 19.7 Å². The molecule has 4 rings (SSSR count). The molecule has 0 aliphatic carbocycles. The van der Waals surface area contributed by atoms with Gasteiger partial charge in [0, 0.05) is 32.7 Å². The van der Waals surface area contributed by atoms with E-state index in [9.17, 15) is 13.6 Å². The Kier molecular flexibility index (Phi) is 5.54. The number of carbonyl (C=O) groups is 1. The lowest BCUT2D eigenvalue weighted by atomic mass is 10.2. The van der Waals surface area contributed by atoms with E-state index >= 15 is 0 Å². The van der Waals surface area contributed by atoms with Crippen LogP contribution in [-0.2, 0) is 11.3 Å². The van der Waals surface area contributed by atoms with E-state index in [1.807, 2.05) is 0 Å². The lowest BCUT2D eigenvalue weighted by molar-refractivity contribution is 0.100. The smallest absolute Gasteiger partial charge is 0.183 e. The van der Waals surface area contributed by atoms with Gasteiger partial charge in [-0.2, -0.15) is 5.10 Å². The van der Waals surface area contributed by atoms with E-state index in [-0.39, 0.29) is 35.9 Å². The molecule has 1 saturated heterocycles. The minimum Gasteiger partial charge on any atom is -0.380 e. The Morgan fingerprint density at radius 2 is 2.07 bits per heavy atom. The Morgan fingerprint density at radius 3 is 2.77 bits per heavy atom. The van der Waals surface area contributed by atoms with Crippen LogP contribution >= 0.6 is 0 Å². The molecule has 0 N–H and O–H groups in total. The number of nitrogens with zero attached hydrogens (tertiary/aromatic N) is 5. The first-order valence-corrected chi connectivity index (χ1v) is 9.59. The predicted molar refractivity (Wildman–Crippen MR) is 106 cm³/mol. The van der Waals surface area contributed by atoms with Crippen LogP contribution in [0.1, 0.15) is 29.4 Å². The Morgan fingerprint density at radius 1 is 1.27 bits per heavy atom. The highest BCUT2D eigenvalue weighted by molar-refractivity contribution is 5.93. The average molecular weight is 413 g/mol. The molecule has 0 radical (unpaired) electrons. The minimum absolute atomic E-state index is 0.0205. The van der Waals surface area contributed by atoms with Crippen molar-refractivity contribution >= 4 is 11.6 Å². The second-order valence-electron chi connectivity index (χ2n) is 7.18. The quantitative estimate of drug-likeness (QED) is 0.579. The summed E-state index contributed by atoms with van der Waals surface area (Å²) in [7, 11) is 1.63. The summed E-state index contributed by atoms with van der Waals surface area (Å²) in [5.74, 6) is -0.774. The number of ketones is 1. The molecule has 30 heavy (non-hydrogen) atoms. The maximum Gasteiger partial charge on any atom is 0.183 e. The fourth-order valence-corrected chi connectivity index (χ4v) is 3.53. The number of methoxy groups -OCH3 is 1. The second-order valence-corrected chi connectivity index (χ2v) is 7.18. The van der Waals surface area contributed by atoms with Gasteiger partial charge in [0.25, 0.3) is 0 Å². The number of aromatic nitrogens is 4. The standard InChI is InChI=1S/C21H21F2N5O2/c1-13(29)19-9-18(26-28(19)11-14-5-3-4-6-16(14)22)20-24-10-17(23)21(25-20)27-8-7-15(12-27)30-2/h3-6,9-10,15H,7-8,11-12H2,1-2H3. The molecule has 3 heterocycles. The summed E-state index contributed by atoms with van der Waals surface area (Å²) < 4.78 is 35.2. The van der Waals surface area contributed by atoms with Gasteiger partial charge in [0.15, 0.2) is 23.2 Å². The van der Waals surface area contributed by atoms with E-state index in [2.05, 4.69) is 15.1 Å². The fourth-order valence-electron chi connectivity index (χ4n) is 3.53. The van der Waals surface area contributed by atoms with Crippen LogP contribution in [0.4, 0.5) is 14.6 Å². The number of Topliss-reactive ketones (excluding diaryl/α,β-unsaturated/α-hetero) is 1. The highest BCUT2D eigenvalue weighted by atomic mass is 19.1. The Balaban J connectivity index is 1.68. The molecule has 1 fully saturated rings. The largest absolute Gasteiger partial charge is 0.380 e. The molecule has 1 aliphatic rings. The second kappa shape index (κ2) is 8.27. The molecule has 156 valence electrons. The van der Waals surface area contributed by atoms with Gasteiger partial charge in [-0.3, -0.25) is 9.48 Å². The summed E-state index contributed by atoms with van der Waals surface area (Å²) in [6, 6.07) is 7.84. The Bertz CT molecular complexity index is 1090. The third-order valence-electron chi connectivity index (χ3n) is 5.15. The minimum atomic E-state index is -0.534. The molecule has 0 amide bonds. The van der Waals surface area contributed by atoms with Crippen molar-refractivity contribution in [1.29, 1.82) is 0 Å². The van der Waals surface area contributed by atoms with Gasteiger partial charge in [0.05, 0.1) is 18.8 Å². The van der Waals surface area contributed by atoms with Crippen molar-refractivity contribution in [2.45, 2.75) is 26.0 Å². The van der Waals surface area contributed by atoms with Gasteiger partial charge < -0.3 is 9.64 Å². The molecule has 0 saturated carbocycles. The van der Waals surface area contributed by atoms with E-state index in [0.717, 1.165) is 12.6 Å². The van der Waals surface area contributed by atoms with Crippen molar-refractivity contribution in [2.24, 2.45) is 0 Å². The van der Waals surface area contributed by atoms with E-state index in [4.69, 9.17) is 4.74 Å². The summed E-state index contributed by atoms with van der Waals surface area (Å²) in [6.07, 6.45) is 1.90. The maximum atomic E-state index is 14.4. The SMILES string of the molecule is COC1CCN(c2nc(-c3cc(C(C)=O)n(Cc4ccccc4F)n3)ncc2F)C1. The third kappa shape index (κ3) is 3.93. The zero-order valence-corrected chi connectivity index (χ0v) is 16.7. The van der Waals surface area contributed by atoms with Crippen LogP contribution in [0.2, 0.25) is 0 Å². The van der Waals surface area contributed by atoms with E-state index < -0.39 is 5.82 Å². The maximum absolute atomic E-state index is 14.4. The lowest BCUT2D eigenvalue weighted by Crippen LogP contribution is -2.24. The van der Waals surface area contributed by atoms with Crippen LogP contribution in [-0.4, -0.2) is 51.8 Å². The fraction of sp³-hybridized carbons (Fsp3) is 0.333. The first-order valence-electron chi connectivity index (χ1n) is 9.59. The van der Waals surface area contributed by atoms with Crippen LogP contribution < -0.4 is 4.90 Å². The first kappa shape index (κ1) is 20.1. The zero-order chi connectivity index (χ0) is 21.3. The number of ether oxygens (including phenoxy) is 1. The van der Waals surface area contributed by atoms with E-state index in [1.165, 1.54) is 17.7 Å². The van der Waals surface area contributed by atoms with Crippen molar-refractivity contribution in [2.75, 3.05) is 25.1 Å². The van der Waals surface area contributed by atoms with Gasteiger partial charge in [0.1, 0.15) is 17.2 Å². The summed E-state index contributed by atoms with van der Waals surface area (Å²) >= 11 is 0. The molecular formula is C21H21F2N5O2. The van der Waals surface area contributed by atoms with Gasteiger partial charge in [-0.1, -0.05) is 18.2 Å². The predicted octanol–water partition coefficient (Wildman–Crippen LogP) is 3.09. The Hall–Kier alpha value is -3.20. The Labute approximate surface area is 172 Å². The average Bonchev–Trinajstić information content (AvgIpc) is 3.37. The van der Waals surface area contributed by atoms with Crippen molar-refractivity contribution < 1.29 is 18.3 Å². The zero-order valence-electron chi connectivity index (χ0n) is 16.7. The highest BCUT2D eigenvalue weighted by Crippen LogP contribution is 2.25. The van der Waals surface area contributed by atoms with Gasteiger partial charge in [-0.15, -0.1) is 0 Å². The third-order valence-corrected chi connectivity index (χ3v) is 5.15. The molecule has 3 aromatic rings. The first-order chi connectivity index (χ1) is 14.5. The number of anilines is 1. The summed E-state index contributed by atoms with van der Waals surface area (Å²) in [5.41, 5.74) is 1.02. The van der Waals surface area contributed by atoms with E-state index in [0.29, 0.717) is 30.0 Å². The van der Waals surface area contributed by atoms with Gasteiger partial charge in [-0.05, 0) is 18.6 Å². The topological polar surface area (TPSA) is 73.1 Å². The molecule has 0 bridgehead atoms. The number of halogens is 2. The molecule has 1 aromatic carbocycles. The normalized spacial score (nSPS) is 16.3. The molecule has 9 heteroatoms. The van der Waals surface area contributed by atoms with Gasteiger partial charge in [-0.25, -0.2) is 18.7 Å². The number of hydrogen-bond acceptors (Lipinski definition) is 6. The van der Waals surface area contributed by atoms with Crippen LogP contribution in [0.25, 0.3) is 11.5 Å². The van der Waals surface area contributed by atoms with Gasteiger partial charge in [0.2, 0.25) is 0 Å². The van der Waals surface area contributed by atoms with Crippen LogP contribution in [0.15, 0.2) is 36.5 Å². The van der Waals surface area contributed by atoms with Crippen molar-refractivity contribution in [3.05, 3.63) is 59.4 Å². The molecule has 7 nitrogen and oxygen atoms in total. The lowest BCUT2D eigenvalue weighted by Gasteiger charge is -2.17. The van der Waals surface area contributed by atoms with Crippen molar-refractivity contribution in [3.63, 3.8) is 0 Å². The molecule has 2 aromatic heterocycles. The number of benzene rings is 1. The molecule has 1 unspecified atom stereocenters. The van der Waals surface area contributed by atoms with Crippen LogP contribution in [0.3, 0.4) is 0 Å².